The van der Waals surface area contributed by atoms with Gasteiger partial charge in [-0.25, -0.2) is 4.68 Å². The minimum absolute atomic E-state index is 0.0330. The van der Waals surface area contributed by atoms with Crippen LogP contribution in [0.3, 0.4) is 0 Å². The average molecular weight is 522 g/mol. The number of tetrazole rings is 1. The van der Waals surface area contributed by atoms with Crippen molar-refractivity contribution in [1.29, 1.82) is 0 Å². The lowest BCUT2D eigenvalue weighted by molar-refractivity contribution is -0.157. The standard InChI is InChI=1S/C20H23N7O6S2/c21-6-12-4-2-1-3-11(12)5-13(28)22-15-16(31)26-8-20(18(32)33,9-34-17(15)26)10-35-19-23-24-25-27(19)7-14(29)30/h1-4,15,17H,5-10,21H2,(H,22,28)(H,29,30)(H,32,33)/t15?,17-,20?/m1/s1. The second-order valence-corrected chi connectivity index (χ2v) is 10.3. The minimum Gasteiger partial charge on any atom is -0.481 e. The fraction of sp³-hybridized carbons (Fsp3) is 0.450. The van der Waals surface area contributed by atoms with E-state index < -0.39 is 29.9 Å². The molecule has 0 saturated carbocycles. The summed E-state index contributed by atoms with van der Waals surface area (Å²) in [5.74, 6) is -2.61. The van der Waals surface area contributed by atoms with Crippen LogP contribution in [-0.2, 0) is 38.7 Å². The van der Waals surface area contributed by atoms with E-state index in [1.54, 1.807) is 0 Å². The van der Waals surface area contributed by atoms with Gasteiger partial charge in [0.25, 0.3) is 0 Å². The van der Waals surface area contributed by atoms with Gasteiger partial charge < -0.3 is 26.2 Å². The Hall–Kier alpha value is -3.17. The smallest absolute Gasteiger partial charge is 0.325 e. The molecule has 5 N–H and O–H groups in total. The van der Waals surface area contributed by atoms with Gasteiger partial charge in [0.05, 0.1) is 6.42 Å². The number of hydrogen-bond acceptors (Lipinski definition) is 10. The van der Waals surface area contributed by atoms with Crippen LogP contribution in [0.2, 0.25) is 0 Å². The molecule has 0 aliphatic carbocycles. The van der Waals surface area contributed by atoms with Crippen molar-refractivity contribution in [2.45, 2.75) is 36.1 Å². The Morgan fingerprint density at radius 2 is 2.00 bits per heavy atom. The monoisotopic (exact) mass is 521 g/mol. The molecule has 2 amide bonds. The summed E-state index contributed by atoms with van der Waals surface area (Å²) in [6.45, 7) is -0.182. The highest BCUT2D eigenvalue weighted by Gasteiger charge is 2.57. The van der Waals surface area contributed by atoms with Gasteiger partial charge in [-0.15, -0.1) is 16.9 Å². The number of carboxylic acid groups (broad SMARTS) is 2. The van der Waals surface area contributed by atoms with E-state index in [0.717, 1.165) is 27.6 Å². The molecule has 4 rings (SSSR count). The van der Waals surface area contributed by atoms with Crippen molar-refractivity contribution in [1.82, 2.24) is 30.4 Å². The summed E-state index contributed by atoms with van der Waals surface area (Å²) >= 11 is 2.32. The number of hydrogen-bond donors (Lipinski definition) is 4. The average Bonchev–Trinajstić information content (AvgIpc) is 3.27. The normalized spacial score (nSPS) is 23.3. The fourth-order valence-corrected chi connectivity index (χ4v) is 6.70. The molecule has 2 aromatic rings. The number of β-lactam (4-membered cyclic amide) rings is 1. The molecule has 3 atom stereocenters. The zero-order chi connectivity index (χ0) is 25.2. The van der Waals surface area contributed by atoms with Crippen LogP contribution in [-0.4, -0.2) is 88.5 Å². The van der Waals surface area contributed by atoms with E-state index >= 15 is 0 Å². The van der Waals surface area contributed by atoms with Crippen LogP contribution in [0.1, 0.15) is 11.1 Å². The molecule has 1 aromatic carbocycles. The van der Waals surface area contributed by atoms with E-state index in [1.807, 2.05) is 24.3 Å². The highest BCUT2D eigenvalue weighted by atomic mass is 32.2. The Balaban J connectivity index is 1.37. The molecule has 0 radical (unpaired) electrons. The van der Waals surface area contributed by atoms with E-state index in [-0.39, 0.29) is 46.8 Å². The first-order valence-corrected chi connectivity index (χ1v) is 12.6. The van der Waals surface area contributed by atoms with Crippen molar-refractivity contribution >= 4 is 47.3 Å². The van der Waals surface area contributed by atoms with Crippen molar-refractivity contribution in [3.63, 3.8) is 0 Å². The number of carboxylic acids is 2. The highest BCUT2D eigenvalue weighted by Crippen LogP contribution is 2.44. The number of rotatable bonds is 10. The van der Waals surface area contributed by atoms with Crippen molar-refractivity contribution in [3.8, 4) is 0 Å². The lowest BCUT2D eigenvalue weighted by Gasteiger charge is -2.53. The number of amides is 2. The summed E-state index contributed by atoms with van der Waals surface area (Å²) in [6, 6.07) is 6.60. The molecular weight excluding hydrogens is 498 g/mol. The van der Waals surface area contributed by atoms with Gasteiger partial charge in [0.1, 0.15) is 23.4 Å². The van der Waals surface area contributed by atoms with E-state index in [2.05, 4.69) is 20.8 Å². The number of nitrogens with one attached hydrogen (secondary N) is 1. The fourth-order valence-electron chi connectivity index (χ4n) is 3.96. The molecule has 0 bridgehead atoms. The Bertz CT molecular complexity index is 1160. The SMILES string of the molecule is NCc1ccccc1CC(=O)NC1C(=O)N2CC(CSc3nnnn3CC(=O)O)(C(=O)O)CS[C@H]12. The van der Waals surface area contributed by atoms with Crippen molar-refractivity contribution in [2.24, 2.45) is 11.1 Å². The first kappa shape index (κ1) is 24.9. The predicted octanol–water partition coefficient (Wildman–Crippen LogP) is -0.978. The van der Waals surface area contributed by atoms with Gasteiger partial charge >= 0.3 is 11.9 Å². The number of nitrogens with two attached hydrogens (primary N) is 1. The Labute approximate surface area is 207 Å². The molecule has 1 aromatic heterocycles. The molecule has 13 nitrogen and oxygen atoms in total. The first-order chi connectivity index (χ1) is 16.7. The van der Waals surface area contributed by atoms with Gasteiger partial charge in [-0.3, -0.25) is 19.2 Å². The lowest BCUT2D eigenvalue weighted by atomic mass is 9.89. The third-order valence-electron chi connectivity index (χ3n) is 5.87. The molecule has 3 heterocycles. The molecule has 0 spiro atoms. The Morgan fingerprint density at radius 3 is 2.69 bits per heavy atom. The molecular formula is C20H23N7O6S2. The van der Waals surface area contributed by atoms with Gasteiger partial charge in [-0.05, 0) is 21.6 Å². The number of thioether (sulfide) groups is 2. The van der Waals surface area contributed by atoms with Crippen LogP contribution in [0.4, 0.5) is 0 Å². The summed E-state index contributed by atoms with van der Waals surface area (Å²) in [6.07, 6.45) is 0.0926. The quantitative estimate of drug-likeness (QED) is 0.221. The number of fused-ring (bicyclic) bond motifs is 1. The third kappa shape index (κ3) is 5.11. The summed E-state index contributed by atoms with van der Waals surface area (Å²) in [4.78, 5) is 50.0. The maximum absolute atomic E-state index is 12.8. The van der Waals surface area contributed by atoms with Crippen molar-refractivity contribution < 1.29 is 29.4 Å². The van der Waals surface area contributed by atoms with Crippen LogP contribution in [0.25, 0.3) is 0 Å². The van der Waals surface area contributed by atoms with Crippen LogP contribution in [0.15, 0.2) is 29.4 Å². The van der Waals surface area contributed by atoms with Gasteiger partial charge in [-0.2, -0.15) is 0 Å². The Morgan fingerprint density at radius 1 is 1.26 bits per heavy atom. The molecule has 2 fully saturated rings. The summed E-state index contributed by atoms with van der Waals surface area (Å²) in [5, 5.41) is 32.3. The lowest BCUT2D eigenvalue weighted by Crippen LogP contribution is -2.74. The van der Waals surface area contributed by atoms with E-state index in [9.17, 15) is 24.3 Å². The molecule has 2 aliphatic rings. The van der Waals surface area contributed by atoms with E-state index in [1.165, 1.54) is 16.7 Å². The van der Waals surface area contributed by atoms with Crippen LogP contribution in [0.5, 0.6) is 0 Å². The maximum atomic E-state index is 12.8. The van der Waals surface area contributed by atoms with Crippen LogP contribution >= 0.6 is 23.5 Å². The molecule has 186 valence electrons. The zero-order valence-electron chi connectivity index (χ0n) is 18.4. The van der Waals surface area contributed by atoms with E-state index in [0.29, 0.717) is 6.54 Å². The van der Waals surface area contributed by atoms with Crippen molar-refractivity contribution in [2.75, 3.05) is 18.1 Å². The predicted molar refractivity (Wildman–Crippen MR) is 124 cm³/mol. The number of aliphatic carboxylic acids is 2. The third-order valence-corrected chi connectivity index (χ3v) is 8.70. The second kappa shape index (κ2) is 10.2. The molecule has 15 heteroatoms. The van der Waals surface area contributed by atoms with Gasteiger partial charge in [0.15, 0.2) is 0 Å². The number of benzene rings is 1. The van der Waals surface area contributed by atoms with Crippen molar-refractivity contribution in [3.05, 3.63) is 35.4 Å². The maximum Gasteiger partial charge on any atom is 0.325 e. The number of aromatic nitrogens is 4. The minimum atomic E-state index is -1.28. The zero-order valence-corrected chi connectivity index (χ0v) is 20.0. The highest BCUT2D eigenvalue weighted by molar-refractivity contribution is 8.00. The number of carbonyl (C=O) groups is 4. The molecule has 2 unspecified atom stereocenters. The largest absolute Gasteiger partial charge is 0.481 e. The first-order valence-electron chi connectivity index (χ1n) is 10.6. The van der Waals surface area contributed by atoms with Crippen LogP contribution < -0.4 is 11.1 Å². The molecule has 2 saturated heterocycles. The van der Waals surface area contributed by atoms with Gasteiger partial charge in [0, 0.05) is 24.6 Å². The Kier molecular flexibility index (Phi) is 7.28. The number of carbonyl (C=O) groups excluding carboxylic acids is 2. The molecule has 35 heavy (non-hydrogen) atoms. The topological polar surface area (TPSA) is 194 Å². The second-order valence-electron chi connectivity index (χ2n) is 8.25. The summed E-state index contributed by atoms with van der Waals surface area (Å²) in [7, 11) is 0. The summed E-state index contributed by atoms with van der Waals surface area (Å²) in [5.41, 5.74) is 6.09. The van der Waals surface area contributed by atoms with Gasteiger partial charge in [-0.1, -0.05) is 36.0 Å². The summed E-state index contributed by atoms with van der Waals surface area (Å²) < 4.78 is 1.07. The van der Waals surface area contributed by atoms with E-state index in [4.69, 9.17) is 10.8 Å². The van der Waals surface area contributed by atoms with Gasteiger partial charge in [0.2, 0.25) is 17.0 Å². The van der Waals surface area contributed by atoms with Crippen LogP contribution in [0, 0.1) is 5.41 Å². The molecule has 2 aliphatic heterocycles. The number of nitrogens with zero attached hydrogens (tertiary/aromatic N) is 5.